The van der Waals surface area contributed by atoms with Crippen LogP contribution in [0.15, 0.2) is 54.6 Å². The summed E-state index contributed by atoms with van der Waals surface area (Å²) in [7, 11) is 0. The summed E-state index contributed by atoms with van der Waals surface area (Å²) in [6.45, 7) is 1.81. The quantitative estimate of drug-likeness (QED) is 0.731. The summed E-state index contributed by atoms with van der Waals surface area (Å²) in [4.78, 5) is 16.7. The summed E-state index contributed by atoms with van der Waals surface area (Å²) in [5.74, 6) is 0.723. The van der Waals surface area contributed by atoms with Gasteiger partial charge >= 0.3 is 0 Å². The molecule has 0 radical (unpaired) electrons. The number of carbonyl (C=O) groups is 1. The summed E-state index contributed by atoms with van der Waals surface area (Å²) in [5.41, 5.74) is 2.46. The molecular weight excluding hydrogens is 264 g/mol. The maximum atomic E-state index is 12.4. The first kappa shape index (κ1) is 13.1. The summed E-state index contributed by atoms with van der Waals surface area (Å²) >= 11 is 0. The third-order valence-corrected chi connectivity index (χ3v) is 3.26. The molecule has 0 atom stereocenters. The van der Waals surface area contributed by atoms with Gasteiger partial charge in [0.25, 0.3) is 5.91 Å². The van der Waals surface area contributed by atoms with Gasteiger partial charge in [-0.3, -0.25) is 9.36 Å². The number of para-hydroxylation sites is 2. The van der Waals surface area contributed by atoms with Crippen molar-refractivity contribution in [1.82, 2.24) is 9.55 Å². The number of phenols is 1. The Morgan fingerprint density at radius 2 is 1.86 bits per heavy atom. The monoisotopic (exact) mass is 278 g/mol. The second-order valence-corrected chi connectivity index (χ2v) is 4.75. The summed E-state index contributed by atoms with van der Waals surface area (Å²) in [6, 6.07) is 14.2. The van der Waals surface area contributed by atoms with Gasteiger partial charge in [-0.1, -0.05) is 24.3 Å². The van der Waals surface area contributed by atoms with Crippen molar-refractivity contribution in [2.24, 2.45) is 0 Å². The highest BCUT2D eigenvalue weighted by atomic mass is 16.3. The minimum Gasteiger partial charge on any atom is -0.508 e. The van der Waals surface area contributed by atoms with Crippen molar-refractivity contribution < 1.29 is 9.90 Å². The summed E-state index contributed by atoms with van der Waals surface area (Å²) < 4.78 is 1.59. The Balaban J connectivity index is 1.94. The Hall–Kier alpha value is -2.88. The first-order chi connectivity index (χ1) is 10.1. The van der Waals surface area contributed by atoms with E-state index in [-0.39, 0.29) is 11.7 Å². The molecule has 0 spiro atoms. The van der Waals surface area contributed by atoms with Crippen molar-refractivity contribution in [1.29, 1.82) is 0 Å². The number of hydrogen-bond donors (Lipinski definition) is 1. The molecule has 0 aliphatic carbocycles. The lowest BCUT2D eigenvalue weighted by Crippen LogP contribution is -2.08. The summed E-state index contributed by atoms with van der Waals surface area (Å²) in [5, 5.41) is 9.24. The molecule has 4 nitrogen and oxygen atoms in total. The standard InChI is InChI=1S/C17H14N2O2/c1-12-18-15-4-2-3-5-16(15)19(12)17(21)11-8-13-6-9-14(20)10-7-13/h2-11,20H,1H3/b11-8+. The normalized spacial score (nSPS) is 11.3. The van der Waals surface area contributed by atoms with E-state index in [0.29, 0.717) is 5.82 Å². The maximum Gasteiger partial charge on any atom is 0.256 e. The van der Waals surface area contributed by atoms with Gasteiger partial charge in [0.05, 0.1) is 11.0 Å². The van der Waals surface area contributed by atoms with E-state index in [1.54, 1.807) is 34.9 Å². The lowest BCUT2D eigenvalue weighted by atomic mass is 10.2. The largest absolute Gasteiger partial charge is 0.508 e. The lowest BCUT2D eigenvalue weighted by molar-refractivity contribution is 0.0972. The number of hydrogen-bond acceptors (Lipinski definition) is 3. The van der Waals surface area contributed by atoms with Gasteiger partial charge in [0.1, 0.15) is 11.6 Å². The molecular formula is C17H14N2O2. The molecule has 104 valence electrons. The number of benzene rings is 2. The van der Waals surface area contributed by atoms with Crippen molar-refractivity contribution in [3.05, 3.63) is 66.0 Å². The van der Waals surface area contributed by atoms with Gasteiger partial charge in [-0.25, -0.2) is 4.98 Å². The second-order valence-electron chi connectivity index (χ2n) is 4.75. The number of fused-ring (bicyclic) bond motifs is 1. The minimum absolute atomic E-state index is 0.144. The molecule has 0 fully saturated rings. The molecule has 4 heteroatoms. The highest BCUT2D eigenvalue weighted by Gasteiger charge is 2.10. The maximum absolute atomic E-state index is 12.4. The zero-order valence-corrected chi connectivity index (χ0v) is 11.5. The van der Waals surface area contributed by atoms with Crippen LogP contribution in [-0.2, 0) is 0 Å². The van der Waals surface area contributed by atoms with Gasteiger partial charge in [-0.2, -0.15) is 0 Å². The number of aromatic nitrogens is 2. The number of allylic oxidation sites excluding steroid dienone is 1. The zero-order chi connectivity index (χ0) is 14.8. The van der Waals surface area contributed by atoms with Crippen molar-refractivity contribution >= 4 is 23.0 Å². The first-order valence-corrected chi connectivity index (χ1v) is 6.61. The van der Waals surface area contributed by atoms with Crippen LogP contribution in [0.25, 0.3) is 17.1 Å². The van der Waals surface area contributed by atoms with Gasteiger partial charge in [-0.15, -0.1) is 0 Å². The van der Waals surface area contributed by atoms with Gasteiger partial charge in [0.15, 0.2) is 0 Å². The van der Waals surface area contributed by atoms with Crippen LogP contribution in [0.1, 0.15) is 16.2 Å². The van der Waals surface area contributed by atoms with E-state index in [4.69, 9.17) is 0 Å². The molecule has 0 amide bonds. The molecule has 3 aromatic rings. The number of aromatic hydroxyl groups is 1. The molecule has 3 rings (SSSR count). The van der Waals surface area contributed by atoms with Crippen LogP contribution in [0, 0.1) is 6.92 Å². The predicted octanol–water partition coefficient (Wildman–Crippen LogP) is 3.40. The van der Waals surface area contributed by atoms with E-state index in [0.717, 1.165) is 16.6 Å². The van der Waals surface area contributed by atoms with Crippen molar-refractivity contribution in [2.45, 2.75) is 6.92 Å². The van der Waals surface area contributed by atoms with E-state index >= 15 is 0 Å². The zero-order valence-electron chi connectivity index (χ0n) is 11.5. The molecule has 0 aliphatic heterocycles. The fourth-order valence-corrected chi connectivity index (χ4v) is 2.25. The molecule has 1 aromatic heterocycles. The van der Waals surface area contributed by atoms with E-state index in [1.807, 2.05) is 31.2 Å². The van der Waals surface area contributed by atoms with Gasteiger partial charge < -0.3 is 5.11 Å². The van der Waals surface area contributed by atoms with Gasteiger partial charge in [-0.05, 0) is 42.8 Å². The van der Waals surface area contributed by atoms with Crippen LogP contribution in [0.5, 0.6) is 5.75 Å². The molecule has 1 heterocycles. The van der Waals surface area contributed by atoms with Gasteiger partial charge in [0.2, 0.25) is 0 Å². The Morgan fingerprint density at radius 3 is 2.62 bits per heavy atom. The fourth-order valence-electron chi connectivity index (χ4n) is 2.25. The highest BCUT2D eigenvalue weighted by molar-refractivity contribution is 5.99. The highest BCUT2D eigenvalue weighted by Crippen LogP contribution is 2.16. The SMILES string of the molecule is Cc1nc2ccccc2n1C(=O)/C=C/c1ccc(O)cc1. The topological polar surface area (TPSA) is 55.1 Å². The third-order valence-electron chi connectivity index (χ3n) is 3.26. The molecule has 0 bridgehead atoms. The Bertz CT molecular complexity index is 830. The number of phenolic OH excluding ortho intramolecular Hbond substituents is 1. The van der Waals surface area contributed by atoms with Crippen LogP contribution in [-0.4, -0.2) is 20.6 Å². The van der Waals surface area contributed by atoms with Crippen molar-refractivity contribution in [2.75, 3.05) is 0 Å². The van der Waals surface area contributed by atoms with Crippen molar-refractivity contribution in [3.8, 4) is 5.75 Å². The Morgan fingerprint density at radius 1 is 1.14 bits per heavy atom. The number of aryl methyl sites for hydroxylation is 1. The third kappa shape index (κ3) is 2.56. The fraction of sp³-hybridized carbons (Fsp3) is 0.0588. The smallest absolute Gasteiger partial charge is 0.256 e. The summed E-state index contributed by atoms with van der Waals surface area (Å²) in [6.07, 6.45) is 3.23. The Kier molecular flexibility index (Phi) is 3.28. The predicted molar refractivity (Wildman–Crippen MR) is 82.2 cm³/mol. The van der Waals surface area contributed by atoms with Gasteiger partial charge in [0, 0.05) is 6.08 Å². The van der Waals surface area contributed by atoms with E-state index in [9.17, 15) is 9.90 Å². The number of carbonyl (C=O) groups excluding carboxylic acids is 1. The first-order valence-electron chi connectivity index (χ1n) is 6.61. The average molecular weight is 278 g/mol. The Labute approximate surface area is 122 Å². The molecule has 0 aliphatic rings. The van der Waals surface area contributed by atoms with Crippen molar-refractivity contribution in [3.63, 3.8) is 0 Å². The number of rotatable bonds is 2. The van der Waals surface area contributed by atoms with E-state index in [2.05, 4.69) is 4.98 Å². The van der Waals surface area contributed by atoms with Crippen LogP contribution in [0.4, 0.5) is 0 Å². The minimum atomic E-state index is -0.144. The second kappa shape index (κ2) is 5.25. The average Bonchev–Trinajstić information content (AvgIpc) is 2.82. The molecule has 0 saturated carbocycles. The lowest BCUT2D eigenvalue weighted by Gasteiger charge is -2.01. The number of imidazole rings is 1. The molecule has 2 aromatic carbocycles. The molecule has 21 heavy (non-hydrogen) atoms. The van der Waals surface area contributed by atoms with Crippen LogP contribution >= 0.6 is 0 Å². The van der Waals surface area contributed by atoms with E-state index < -0.39 is 0 Å². The van der Waals surface area contributed by atoms with Crippen LogP contribution in [0.3, 0.4) is 0 Å². The molecule has 0 saturated heterocycles. The van der Waals surface area contributed by atoms with Crippen LogP contribution < -0.4 is 0 Å². The van der Waals surface area contributed by atoms with Crippen LogP contribution in [0.2, 0.25) is 0 Å². The number of nitrogens with zero attached hydrogens (tertiary/aromatic N) is 2. The molecule has 1 N–H and O–H groups in total. The molecule has 0 unspecified atom stereocenters. The van der Waals surface area contributed by atoms with E-state index in [1.165, 1.54) is 6.08 Å².